The average Bonchev–Trinajstić information content (AvgIpc) is 2.81. The van der Waals surface area contributed by atoms with Gasteiger partial charge in [-0.15, -0.1) is 11.3 Å². The van der Waals surface area contributed by atoms with Crippen molar-refractivity contribution in [2.45, 2.75) is 38.1 Å². The van der Waals surface area contributed by atoms with Gasteiger partial charge in [0.1, 0.15) is 5.82 Å². The predicted octanol–water partition coefficient (Wildman–Crippen LogP) is 4.62. The summed E-state index contributed by atoms with van der Waals surface area (Å²) in [5.41, 5.74) is 6.39. The molecule has 0 radical (unpaired) electrons. The molecular weight excluding hydrogens is 245 g/mol. The number of fused-ring (bicyclic) bond motifs is 1. The third-order valence-electron chi connectivity index (χ3n) is 3.99. The van der Waals surface area contributed by atoms with Gasteiger partial charge in [-0.25, -0.2) is 4.39 Å². The highest BCUT2D eigenvalue weighted by molar-refractivity contribution is 7.19. The van der Waals surface area contributed by atoms with Gasteiger partial charge in [0.25, 0.3) is 0 Å². The average molecular weight is 263 g/mol. The maximum absolute atomic E-state index is 13.2. The summed E-state index contributed by atoms with van der Waals surface area (Å²) < 4.78 is 14.2. The molecule has 1 saturated carbocycles. The molecule has 1 unspecified atom stereocenters. The van der Waals surface area contributed by atoms with Crippen molar-refractivity contribution in [1.82, 2.24) is 0 Å². The lowest BCUT2D eigenvalue weighted by molar-refractivity contribution is 0.311. The molecule has 18 heavy (non-hydrogen) atoms. The van der Waals surface area contributed by atoms with Crippen LogP contribution in [-0.4, -0.2) is 0 Å². The summed E-state index contributed by atoms with van der Waals surface area (Å²) in [6.45, 7) is 0. The van der Waals surface area contributed by atoms with Crippen LogP contribution in [0.5, 0.6) is 0 Å². The van der Waals surface area contributed by atoms with Crippen molar-refractivity contribution in [3.05, 3.63) is 35.0 Å². The number of hydrogen-bond acceptors (Lipinski definition) is 2. The van der Waals surface area contributed by atoms with E-state index in [1.54, 1.807) is 17.4 Å². The van der Waals surface area contributed by atoms with Crippen LogP contribution < -0.4 is 5.73 Å². The fraction of sp³-hybridized carbons (Fsp3) is 0.467. The Kier molecular flexibility index (Phi) is 3.35. The Hall–Kier alpha value is -0.930. The summed E-state index contributed by atoms with van der Waals surface area (Å²) in [5.74, 6) is 0.443. The van der Waals surface area contributed by atoms with Crippen LogP contribution in [0.1, 0.15) is 43.0 Å². The minimum Gasteiger partial charge on any atom is -0.323 e. The Morgan fingerprint density at radius 1 is 1.17 bits per heavy atom. The topological polar surface area (TPSA) is 26.0 Å². The first-order valence-electron chi connectivity index (χ1n) is 6.68. The second kappa shape index (κ2) is 4.98. The van der Waals surface area contributed by atoms with Gasteiger partial charge in [-0.05, 0) is 42.3 Å². The van der Waals surface area contributed by atoms with Crippen molar-refractivity contribution >= 4 is 21.4 Å². The Balaban J connectivity index is 1.88. The number of rotatable bonds is 2. The molecule has 0 amide bonds. The fourth-order valence-corrected chi connectivity index (χ4v) is 4.10. The molecule has 1 fully saturated rings. The largest absolute Gasteiger partial charge is 0.323 e. The van der Waals surface area contributed by atoms with Crippen LogP contribution in [0, 0.1) is 11.7 Å². The normalized spacial score (nSPS) is 19.2. The lowest BCUT2D eigenvalue weighted by Gasteiger charge is -2.26. The quantitative estimate of drug-likeness (QED) is 0.840. The Morgan fingerprint density at radius 2 is 1.94 bits per heavy atom. The van der Waals surface area contributed by atoms with Crippen LogP contribution >= 0.6 is 11.3 Å². The molecule has 96 valence electrons. The van der Waals surface area contributed by atoms with Gasteiger partial charge in [0.05, 0.1) is 0 Å². The van der Waals surface area contributed by atoms with Crippen LogP contribution in [0.25, 0.3) is 10.1 Å². The van der Waals surface area contributed by atoms with E-state index >= 15 is 0 Å². The monoisotopic (exact) mass is 263 g/mol. The summed E-state index contributed by atoms with van der Waals surface area (Å²) in [6.07, 6.45) is 6.43. The predicted molar refractivity (Wildman–Crippen MR) is 75.3 cm³/mol. The molecule has 3 heteroatoms. The summed E-state index contributed by atoms with van der Waals surface area (Å²) in [4.78, 5) is 1.21. The highest BCUT2D eigenvalue weighted by atomic mass is 32.1. The highest BCUT2D eigenvalue weighted by Gasteiger charge is 2.23. The third kappa shape index (κ3) is 2.29. The first kappa shape index (κ1) is 12.1. The lowest BCUT2D eigenvalue weighted by atomic mass is 9.84. The van der Waals surface area contributed by atoms with Crippen molar-refractivity contribution in [3.8, 4) is 0 Å². The standard InChI is InChI=1S/C15H18FNS/c16-12-7-6-11-8-14(18-13(11)9-12)15(17)10-4-2-1-3-5-10/h6-10,15H,1-5,17H2. The Morgan fingerprint density at radius 3 is 2.72 bits per heavy atom. The first-order chi connectivity index (χ1) is 8.74. The first-order valence-corrected chi connectivity index (χ1v) is 7.50. The van der Waals surface area contributed by atoms with Crippen LogP contribution in [0.2, 0.25) is 0 Å². The molecular formula is C15H18FNS. The van der Waals surface area contributed by atoms with Gasteiger partial charge >= 0.3 is 0 Å². The maximum atomic E-state index is 13.2. The molecule has 1 nitrogen and oxygen atoms in total. The summed E-state index contributed by atoms with van der Waals surface area (Å²) in [5, 5.41) is 1.11. The summed E-state index contributed by atoms with van der Waals surface area (Å²) in [6, 6.07) is 7.24. The van der Waals surface area contributed by atoms with Crippen molar-refractivity contribution < 1.29 is 4.39 Å². The van der Waals surface area contributed by atoms with Crippen LogP contribution in [-0.2, 0) is 0 Å². The zero-order valence-corrected chi connectivity index (χ0v) is 11.2. The van der Waals surface area contributed by atoms with Gasteiger partial charge in [0, 0.05) is 15.6 Å². The number of halogens is 1. The van der Waals surface area contributed by atoms with E-state index in [1.807, 2.05) is 6.07 Å². The zero-order valence-electron chi connectivity index (χ0n) is 10.4. The second-order valence-electron chi connectivity index (χ2n) is 5.25. The lowest BCUT2D eigenvalue weighted by Crippen LogP contribution is -2.22. The zero-order chi connectivity index (χ0) is 12.5. The molecule has 2 aromatic rings. The number of hydrogen-bond donors (Lipinski definition) is 1. The van der Waals surface area contributed by atoms with E-state index in [0.29, 0.717) is 5.92 Å². The maximum Gasteiger partial charge on any atom is 0.124 e. The highest BCUT2D eigenvalue weighted by Crippen LogP contribution is 2.37. The third-order valence-corrected chi connectivity index (χ3v) is 5.19. The van der Waals surface area contributed by atoms with E-state index < -0.39 is 0 Å². The molecule has 0 bridgehead atoms. The van der Waals surface area contributed by atoms with Gasteiger partial charge < -0.3 is 5.73 Å². The van der Waals surface area contributed by atoms with Crippen molar-refractivity contribution in [2.75, 3.05) is 0 Å². The smallest absolute Gasteiger partial charge is 0.124 e. The minimum atomic E-state index is -0.165. The van der Waals surface area contributed by atoms with Gasteiger partial charge in [-0.2, -0.15) is 0 Å². The van der Waals surface area contributed by atoms with Crippen molar-refractivity contribution in [3.63, 3.8) is 0 Å². The molecule has 1 aliphatic carbocycles. The van der Waals surface area contributed by atoms with Gasteiger partial charge in [0.2, 0.25) is 0 Å². The number of thiophene rings is 1. The van der Waals surface area contributed by atoms with Crippen LogP contribution in [0.3, 0.4) is 0 Å². The molecule has 1 aromatic carbocycles. The number of nitrogens with two attached hydrogens (primary N) is 1. The molecule has 0 aliphatic heterocycles. The summed E-state index contributed by atoms with van der Waals surface area (Å²) >= 11 is 1.65. The van der Waals surface area contributed by atoms with Gasteiger partial charge in [-0.1, -0.05) is 25.3 Å². The van der Waals surface area contributed by atoms with E-state index in [1.165, 1.54) is 43.0 Å². The Bertz CT molecular complexity index is 542. The SMILES string of the molecule is NC(c1cc2ccc(F)cc2s1)C1CCCCC1. The number of benzene rings is 1. The van der Waals surface area contributed by atoms with Crippen LogP contribution in [0.15, 0.2) is 24.3 Å². The molecule has 0 saturated heterocycles. The van der Waals surface area contributed by atoms with E-state index in [-0.39, 0.29) is 11.9 Å². The van der Waals surface area contributed by atoms with Gasteiger partial charge in [0.15, 0.2) is 0 Å². The summed E-state index contributed by atoms with van der Waals surface area (Å²) in [7, 11) is 0. The van der Waals surface area contributed by atoms with Crippen LogP contribution in [0.4, 0.5) is 4.39 Å². The molecule has 0 spiro atoms. The van der Waals surface area contributed by atoms with Crippen molar-refractivity contribution in [1.29, 1.82) is 0 Å². The van der Waals surface area contributed by atoms with Crippen molar-refractivity contribution in [2.24, 2.45) is 11.7 Å². The molecule has 1 atom stereocenters. The molecule has 1 aromatic heterocycles. The molecule has 1 heterocycles. The van der Waals surface area contributed by atoms with E-state index in [4.69, 9.17) is 5.73 Å². The van der Waals surface area contributed by atoms with E-state index in [2.05, 4.69) is 6.07 Å². The van der Waals surface area contributed by atoms with Gasteiger partial charge in [-0.3, -0.25) is 0 Å². The second-order valence-corrected chi connectivity index (χ2v) is 6.37. The Labute approximate surface area is 111 Å². The minimum absolute atomic E-state index is 0.130. The molecule has 2 N–H and O–H groups in total. The molecule has 3 rings (SSSR count). The molecule has 1 aliphatic rings. The van der Waals surface area contributed by atoms with E-state index in [0.717, 1.165) is 10.1 Å². The fourth-order valence-electron chi connectivity index (χ4n) is 2.92. The van der Waals surface area contributed by atoms with E-state index in [9.17, 15) is 4.39 Å².